The number of ether oxygens (including phenoxy) is 1. The van der Waals surface area contributed by atoms with E-state index in [1.165, 1.54) is 38.5 Å². The van der Waals surface area contributed by atoms with E-state index in [1.54, 1.807) is 7.11 Å². The summed E-state index contributed by atoms with van der Waals surface area (Å²) in [4.78, 5) is 12.1. The van der Waals surface area contributed by atoms with Crippen LogP contribution in [-0.4, -0.2) is 13.0 Å². The lowest BCUT2D eigenvalue weighted by Crippen LogP contribution is -2.21. The molecule has 1 spiro atoms. The summed E-state index contributed by atoms with van der Waals surface area (Å²) in [5.41, 5.74) is 1.56. The zero-order chi connectivity index (χ0) is 14.0. The van der Waals surface area contributed by atoms with Gasteiger partial charge in [0.2, 0.25) is 5.91 Å². The first-order valence-corrected chi connectivity index (χ1v) is 7.63. The van der Waals surface area contributed by atoms with E-state index < -0.39 is 0 Å². The fourth-order valence-corrected chi connectivity index (χ4v) is 3.32. The summed E-state index contributed by atoms with van der Waals surface area (Å²) in [5.74, 6) is 1.54. The second-order valence-corrected chi connectivity index (χ2v) is 6.42. The molecule has 0 aliphatic heterocycles. The van der Waals surface area contributed by atoms with Crippen LogP contribution in [-0.2, 0) is 4.79 Å². The van der Waals surface area contributed by atoms with Crippen LogP contribution in [0, 0.1) is 11.3 Å². The highest BCUT2D eigenvalue weighted by Crippen LogP contribution is 2.57. The molecule has 20 heavy (non-hydrogen) atoms. The van der Waals surface area contributed by atoms with E-state index >= 15 is 0 Å². The second-order valence-electron chi connectivity index (χ2n) is 6.42. The summed E-state index contributed by atoms with van der Waals surface area (Å²) in [6.45, 7) is 0. The maximum Gasteiger partial charge on any atom is 0.224 e. The van der Waals surface area contributed by atoms with E-state index in [-0.39, 0.29) is 5.91 Å². The van der Waals surface area contributed by atoms with Crippen LogP contribution in [0.15, 0.2) is 24.3 Å². The van der Waals surface area contributed by atoms with E-state index in [0.717, 1.165) is 11.4 Å². The molecule has 2 fully saturated rings. The largest absolute Gasteiger partial charge is 0.497 e. The van der Waals surface area contributed by atoms with Crippen molar-refractivity contribution in [3.8, 4) is 5.75 Å². The number of anilines is 1. The first-order valence-electron chi connectivity index (χ1n) is 7.63. The highest BCUT2D eigenvalue weighted by molar-refractivity contribution is 5.90. The van der Waals surface area contributed by atoms with Crippen molar-refractivity contribution in [2.45, 2.75) is 44.9 Å². The highest BCUT2D eigenvalue weighted by Gasteiger charge is 2.44. The standard InChI is InChI=1S/C17H23NO2/c1-20-15-4-2-14(3-5-15)18-16(19)12-13-6-8-17(9-7-13)10-11-17/h2-5,13H,6-12H2,1H3,(H,18,19). The first kappa shape index (κ1) is 13.5. The zero-order valence-corrected chi connectivity index (χ0v) is 12.2. The molecule has 1 aromatic rings. The number of carbonyl (C=O) groups is 1. The number of rotatable bonds is 4. The minimum Gasteiger partial charge on any atom is -0.497 e. The van der Waals surface area contributed by atoms with Gasteiger partial charge < -0.3 is 10.1 Å². The molecule has 108 valence electrons. The van der Waals surface area contributed by atoms with Gasteiger partial charge in [-0.3, -0.25) is 4.79 Å². The van der Waals surface area contributed by atoms with Gasteiger partial charge >= 0.3 is 0 Å². The molecule has 0 saturated heterocycles. The molecule has 3 nitrogen and oxygen atoms in total. The number of carbonyl (C=O) groups excluding carboxylic acids is 1. The van der Waals surface area contributed by atoms with Crippen molar-refractivity contribution in [3.05, 3.63) is 24.3 Å². The van der Waals surface area contributed by atoms with Crippen LogP contribution >= 0.6 is 0 Å². The summed E-state index contributed by atoms with van der Waals surface area (Å²) in [5, 5.41) is 2.98. The molecule has 3 rings (SSSR count). The van der Waals surface area contributed by atoms with Gasteiger partial charge in [0.25, 0.3) is 0 Å². The van der Waals surface area contributed by atoms with Crippen LogP contribution < -0.4 is 10.1 Å². The predicted molar refractivity (Wildman–Crippen MR) is 79.9 cm³/mol. The third-order valence-corrected chi connectivity index (χ3v) is 4.97. The van der Waals surface area contributed by atoms with Crippen molar-refractivity contribution in [2.24, 2.45) is 11.3 Å². The van der Waals surface area contributed by atoms with Crippen molar-refractivity contribution in [3.63, 3.8) is 0 Å². The molecule has 2 saturated carbocycles. The van der Waals surface area contributed by atoms with Crippen molar-refractivity contribution in [1.82, 2.24) is 0 Å². The Morgan fingerprint density at radius 3 is 2.40 bits per heavy atom. The van der Waals surface area contributed by atoms with E-state index in [2.05, 4.69) is 5.32 Å². The lowest BCUT2D eigenvalue weighted by Gasteiger charge is -2.27. The van der Waals surface area contributed by atoms with Gasteiger partial charge in [-0.1, -0.05) is 0 Å². The fraction of sp³-hybridized carbons (Fsp3) is 0.588. The number of hydrogen-bond donors (Lipinski definition) is 1. The quantitative estimate of drug-likeness (QED) is 0.900. The Kier molecular flexibility index (Phi) is 3.68. The fourth-order valence-electron chi connectivity index (χ4n) is 3.32. The van der Waals surface area contributed by atoms with Crippen molar-refractivity contribution >= 4 is 11.6 Å². The predicted octanol–water partition coefficient (Wildman–Crippen LogP) is 3.99. The number of amides is 1. The number of hydrogen-bond acceptors (Lipinski definition) is 2. The Bertz CT molecular complexity index is 466. The SMILES string of the molecule is COc1ccc(NC(=O)CC2CCC3(CC2)CC3)cc1. The van der Waals surface area contributed by atoms with Crippen LogP contribution in [0.2, 0.25) is 0 Å². The van der Waals surface area contributed by atoms with Crippen molar-refractivity contribution < 1.29 is 9.53 Å². The molecule has 0 bridgehead atoms. The minimum absolute atomic E-state index is 0.145. The molecule has 0 radical (unpaired) electrons. The third kappa shape index (κ3) is 3.14. The van der Waals surface area contributed by atoms with Crippen LogP contribution in [0.25, 0.3) is 0 Å². The monoisotopic (exact) mass is 273 g/mol. The Hall–Kier alpha value is -1.51. The number of benzene rings is 1. The van der Waals surface area contributed by atoms with Crippen LogP contribution in [0.5, 0.6) is 5.75 Å². The number of nitrogens with one attached hydrogen (secondary N) is 1. The number of methoxy groups -OCH3 is 1. The first-order chi connectivity index (χ1) is 9.69. The molecular weight excluding hydrogens is 250 g/mol. The smallest absolute Gasteiger partial charge is 0.224 e. The maximum absolute atomic E-state index is 12.1. The molecule has 0 unspecified atom stereocenters. The lowest BCUT2D eigenvalue weighted by atomic mass is 9.78. The summed E-state index contributed by atoms with van der Waals surface area (Å²) in [6.07, 6.45) is 8.67. The molecule has 0 aromatic heterocycles. The summed E-state index contributed by atoms with van der Waals surface area (Å²) < 4.78 is 5.11. The van der Waals surface area contributed by atoms with E-state index in [9.17, 15) is 4.79 Å². The van der Waals surface area contributed by atoms with Gasteiger partial charge in [-0.25, -0.2) is 0 Å². The van der Waals surface area contributed by atoms with Gasteiger partial charge in [0.05, 0.1) is 7.11 Å². The second kappa shape index (κ2) is 5.47. The average Bonchev–Trinajstić information content (AvgIpc) is 3.22. The van der Waals surface area contributed by atoms with Crippen LogP contribution in [0.4, 0.5) is 5.69 Å². The van der Waals surface area contributed by atoms with Gasteiger partial charge in [0.15, 0.2) is 0 Å². The van der Waals surface area contributed by atoms with Gasteiger partial charge in [0, 0.05) is 12.1 Å². The van der Waals surface area contributed by atoms with Crippen molar-refractivity contribution in [1.29, 1.82) is 0 Å². The summed E-state index contributed by atoms with van der Waals surface area (Å²) in [7, 11) is 1.64. The normalized spacial score (nSPS) is 20.6. The van der Waals surface area contributed by atoms with Gasteiger partial charge in [-0.15, -0.1) is 0 Å². The molecule has 0 heterocycles. The summed E-state index contributed by atoms with van der Waals surface area (Å²) in [6, 6.07) is 7.51. The molecule has 0 atom stereocenters. The minimum atomic E-state index is 0.145. The molecular formula is C17H23NO2. The Morgan fingerprint density at radius 1 is 1.20 bits per heavy atom. The highest BCUT2D eigenvalue weighted by atomic mass is 16.5. The Labute approximate surface area is 120 Å². The molecule has 1 aromatic carbocycles. The van der Waals surface area contributed by atoms with E-state index in [4.69, 9.17) is 4.74 Å². The topological polar surface area (TPSA) is 38.3 Å². The molecule has 3 heteroatoms. The lowest BCUT2D eigenvalue weighted by molar-refractivity contribution is -0.117. The zero-order valence-electron chi connectivity index (χ0n) is 12.2. The average molecular weight is 273 g/mol. The van der Waals surface area contributed by atoms with Gasteiger partial charge in [-0.2, -0.15) is 0 Å². The van der Waals surface area contributed by atoms with E-state index in [0.29, 0.717) is 17.8 Å². The van der Waals surface area contributed by atoms with Gasteiger partial charge in [0.1, 0.15) is 5.75 Å². The Balaban J connectivity index is 1.46. The molecule has 1 N–H and O–H groups in total. The molecule has 2 aliphatic carbocycles. The molecule has 1 amide bonds. The Morgan fingerprint density at radius 2 is 1.85 bits per heavy atom. The van der Waals surface area contributed by atoms with E-state index in [1.807, 2.05) is 24.3 Å². The maximum atomic E-state index is 12.1. The van der Waals surface area contributed by atoms with Gasteiger partial charge in [-0.05, 0) is 74.1 Å². The summed E-state index contributed by atoms with van der Waals surface area (Å²) >= 11 is 0. The van der Waals surface area contributed by atoms with Crippen LogP contribution in [0.1, 0.15) is 44.9 Å². The van der Waals surface area contributed by atoms with Crippen molar-refractivity contribution in [2.75, 3.05) is 12.4 Å². The van der Waals surface area contributed by atoms with Crippen LogP contribution in [0.3, 0.4) is 0 Å². The molecule has 2 aliphatic rings. The third-order valence-electron chi connectivity index (χ3n) is 4.97.